The van der Waals surface area contributed by atoms with Gasteiger partial charge in [-0.1, -0.05) is 42.8 Å². The van der Waals surface area contributed by atoms with Gasteiger partial charge >= 0.3 is 0 Å². The first-order valence-corrected chi connectivity index (χ1v) is 12.8. The number of piperidine rings is 1. The van der Waals surface area contributed by atoms with E-state index < -0.39 is 10.0 Å². The van der Waals surface area contributed by atoms with Gasteiger partial charge < -0.3 is 5.32 Å². The molecule has 1 amide bonds. The number of benzene rings is 2. The lowest BCUT2D eigenvalue weighted by Gasteiger charge is -2.26. The Kier molecular flexibility index (Phi) is 6.95. The molecule has 3 aromatic rings. The highest BCUT2D eigenvalue weighted by Gasteiger charge is 2.26. The molecule has 2 heterocycles. The summed E-state index contributed by atoms with van der Waals surface area (Å²) in [7, 11) is -3.59. The van der Waals surface area contributed by atoms with E-state index in [9.17, 15) is 13.2 Å². The zero-order valence-corrected chi connectivity index (χ0v) is 19.9. The molecule has 0 aliphatic carbocycles. The van der Waals surface area contributed by atoms with Crippen molar-refractivity contribution < 1.29 is 13.2 Å². The fourth-order valence-electron chi connectivity index (χ4n) is 4.22. The molecule has 1 aromatic heterocycles. The minimum Gasteiger partial charge on any atom is -0.348 e. The lowest BCUT2D eigenvalue weighted by Crippen LogP contribution is -2.35. The van der Waals surface area contributed by atoms with Crippen LogP contribution in [0.15, 0.2) is 59.5 Å². The summed E-state index contributed by atoms with van der Waals surface area (Å²) >= 11 is 0. The Labute approximate surface area is 195 Å². The number of carbonyl (C=O) groups excluding carboxylic acids is 1. The lowest BCUT2D eigenvalue weighted by molar-refractivity contribution is 0.0950. The number of nitrogens with zero attached hydrogens (tertiary/aromatic N) is 3. The van der Waals surface area contributed by atoms with E-state index in [0.717, 1.165) is 41.8 Å². The van der Waals surface area contributed by atoms with Crippen molar-refractivity contribution in [3.05, 3.63) is 82.7 Å². The number of nitrogens with one attached hydrogen (secondary N) is 1. The van der Waals surface area contributed by atoms with Gasteiger partial charge in [0.2, 0.25) is 10.0 Å². The van der Waals surface area contributed by atoms with Crippen LogP contribution in [0.5, 0.6) is 0 Å². The molecule has 0 unspecified atom stereocenters. The van der Waals surface area contributed by atoms with E-state index in [1.165, 1.54) is 10.4 Å². The van der Waals surface area contributed by atoms with Crippen LogP contribution in [0.4, 0.5) is 0 Å². The molecule has 33 heavy (non-hydrogen) atoms. The van der Waals surface area contributed by atoms with Crippen LogP contribution >= 0.6 is 0 Å². The summed E-state index contributed by atoms with van der Waals surface area (Å²) in [5, 5.41) is 7.57. The fourth-order valence-corrected chi connectivity index (χ4v) is 5.79. The number of hydrogen-bond acceptors (Lipinski definition) is 4. The second kappa shape index (κ2) is 9.89. The summed E-state index contributed by atoms with van der Waals surface area (Å²) in [6.45, 7) is 5.98. The summed E-state index contributed by atoms with van der Waals surface area (Å²) in [5.41, 5.74) is 4.32. The van der Waals surface area contributed by atoms with Crippen LogP contribution in [-0.2, 0) is 23.1 Å². The van der Waals surface area contributed by atoms with E-state index in [0.29, 0.717) is 31.7 Å². The van der Waals surface area contributed by atoms with E-state index in [1.807, 2.05) is 36.7 Å². The Hall–Kier alpha value is -2.97. The minimum absolute atomic E-state index is 0.167. The first kappa shape index (κ1) is 23.2. The SMILES string of the molecule is Cc1nn(Cc2ccccc2)c(C)c1CNC(=O)c1cccc(S(=O)(=O)N2CCCCC2)c1. The standard InChI is InChI=1S/C25H30N4O3S/c1-19-24(20(2)29(27-19)18-21-10-5-3-6-11-21)17-26-25(30)22-12-9-13-23(16-22)33(31,32)28-14-7-4-8-15-28/h3,5-6,9-13,16H,4,7-8,14-15,17-18H2,1-2H3,(H,26,30). The van der Waals surface area contributed by atoms with Crippen molar-refractivity contribution in [3.8, 4) is 0 Å². The monoisotopic (exact) mass is 466 g/mol. The highest BCUT2D eigenvalue weighted by Crippen LogP contribution is 2.21. The van der Waals surface area contributed by atoms with Gasteiger partial charge in [0, 0.05) is 36.5 Å². The van der Waals surface area contributed by atoms with Crippen LogP contribution < -0.4 is 5.32 Å². The molecule has 1 aliphatic rings. The zero-order chi connectivity index (χ0) is 23.4. The van der Waals surface area contributed by atoms with Crippen molar-refractivity contribution in [2.75, 3.05) is 13.1 Å². The van der Waals surface area contributed by atoms with Gasteiger partial charge in [-0.15, -0.1) is 0 Å². The molecule has 4 rings (SSSR count). The highest BCUT2D eigenvalue weighted by molar-refractivity contribution is 7.89. The van der Waals surface area contributed by atoms with Crippen molar-refractivity contribution in [3.63, 3.8) is 0 Å². The van der Waals surface area contributed by atoms with E-state index in [2.05, 4.69) is 22.5 Å². The van der Waals surface area contributed by atoms with Crippen LogP contribution in [0, 0.1) is 13.8 Å². The van der Waals surface area contributed by atoms with Crippen LogP contribution in [0.3, 0.4) is 0 Å². The van der Waals surface area contributed by atoms with Crippen LogP contribution in [-0.4, -0.2) is 41.5 Å². The molecule has 8 heteroatoms. The second-order valence-electron chi connectivity index (χ2n) is 8.47. The van der Waals surface area contributed by atoms with Gasteiger partial charge in [0.25, 0.3) is 5.91 Å². The summed E-state index contributed by atoms with van der Waals surface area (Å²) in [6, 6.07) is 16.4. The molecule has 7 nitrogen and oxygen atoms in total. The first-order chi connectivity index (χ1) is 15.9. The quantitative estimate of drug-likeness (QED) is 0.576. The van der Waals surface area contributed by atoms with Crippen LogP contribution in [0.2, 0.25) is 0 Å². The molecule has 0 atom stereocenters. The van der Waals surface area contributed by atoms with Crippen LogP contribution in [0.1, 0.15) is 52.1 Å². The van der Waals surface area contributed by atoms with E-state index >= 15 is 0 Å². The van der Waals surface area contributed by atoms with Gasteiger partial charge in [-0.3, -0.25) is 9.48 Å². The van der Waals surface area contributed by atoms with Crippen molar-refractivity contribution in [2.24, 2.45) is 0 Å². The summed E-state index contributed by atoms with van der Waals surface area (Å²) in [5.74, 6) is -0.305. The van der Waals surface area contributed by atoms with Gasteiger partial charge in [0.1, 0.15) is 0 Å². The van der Waals surface area contributed by atoms with E-state index in [-0.39, 0.29) is 10.8 Å². The zero-order valence-electron chi connectivity index (χ0n) is 19.1. The number of amides is 1. The molecule has 0 bridgehead atoms. The van der Waals surface area contributed by atoms with Gasteiger partial charge in [-0.05, 0) is 50.5 Å². The third-order valence-corrected chi connectivity index (χ3v) is 8.08. The third kappa shape index (κ3) is 5.17. The highest BCUT2D eigenvalue weighted by atomic mass is 32.2. The average Bonchev–Trinajstić information content (AvgIpc) is 3.10. The van der Waals surface area contributed by atoms with E-state index in [4.69, 9.17) is 0 Å². The third-order valence-electron chi connectivity index (χ3n) is 6.18. The molecular weight excluding hydrogens is 436 g/mol. The topological polar surface area (TPSA) is 84.3 Å². The van der Waals surface area contributed by atoms with Crippen LogP contribution in [0.25, 0.3) is 0 Å². The van der Waals surface area contributed by atoms with Gasteiger partial charge in [-0.2, -0.15) is 9.40 Å². The normalized spacial score (nSPS) is 14.8. The smallest absolute Gasteiger partial charge is 0.251 e. The largest absolute Gasteiger partial charge is 0.348 e. The van der Waals surface area contributed by atoms with E-state index in [1.54, 1.807) is 18.2 Å². The second-order valence-corrected chi connectivity index (χ2v) is 10.4. The van der Waals surface area contributed by atoms with Crippen molar-refractivity contribution in [1.82, 2.24) is 19.4 Å². The summed E-state index contributed by atoms with van der Waals surface area (Å²) < 4.78 is 29.4. The fraction of sp³-hybridized carbons (Fsp3) is 0.360. The molecule has 2 aromatic carbocycles. The lowest BCUT2D eigenvalue weighted by atomic mass is 10.1. The Bertz CT molecular complexity index is 1230. The molecule has 0 radical (unpaired) electrons. The molecule has 174 valence electrons. The maximum absolute atomic E-state index is 13.0. The molecule has 1 saturated heterocycles. The van der Waals surface area contributed by atoms with Gasteiger partial charge in [0.05, 0.1) is 17.1 Å². The number of sulfonamides is 1. The van der Waals surface area contributed by atoms with Gasteiger partial charge in [0.15, 0.2) is 0 Å². The molecule has 1 N–H and O–H groups in total. The van der Waals surface area contributed by atoms with Gasteiger partial charge in [-0.25, -0.2) is 8.42 Å². The molecule has 0 saturated carbocycles. The predicted octanol–water partition coefficient (Wildman–Crippen LogP) is 3.65. The average molecular weight is 467 g/mol. The number of aromatic nitrogens is 2. The predicted molar refractivity (Wildman–Crippen MR) is 127 cm³/mol. The Balaban J connectivity index is 1.46. The number of aryl methyl sites for hydroxylation is 1. The number of hydrogen-bond donors (Lipinski definition) is 1. The molecule has 1 fully saturated rings. The van der Waals surface area contributed by atoms with Crippen molar-refractivity contribution in [1.29, 1.82) is 0 Å². The molecular formula is C25H30N4O3S. The molecule has 1 aliphatic heterocycles. The first-order valence-electron chi connectivity index (χ1n) is 11.3. The Morgan fingerprint density at radius 1 is 1.00 bits per heavy atom. The number of rotatable bonds is 7. The summed E-state index contributed by atoms with van der Waals surface area (Å²) in [6.07, 6.45) is 2.79. The minimum atomic E-state index is -3.59. The molecule has 0 spiro atoms. The maximum atomic E-state index is 13.0. The summed E-state index contributed by atoms with van der Waals surface area (Å²) in [4.78, 5) is 13.0. The Morgan fingerprint density at radius 2 is 1.73 bits per heavy atom. The Morgan fingerprint density at radius 3 is 2.45 bits per heavy atom. The maximum Gasteiger partial charge on any atom is 0.251 e. The number of carbonyl (C=O) groups is 1. The van der Waals surface area contributed by atoms with Crippen molar-refractivity contribution >= 4 is 15.9 Å². The van der Waals surface area contributed by atoms with Crippen molar-refractivity contribution in [2.45, 2.75) is 51.1 Å².